The third kappa shape index (κ3) is 3.48. The van der Waals surface area contributed by atoms with Crippen LogP contribution in [0.1, 0.15) is 25.3 Å². The summed E-state index contributed by atoms with van der Waals surface area (Å²) in [5, 5.41) is 0. The minimum Gasteiger partial charge on any atom is -0.494 e. The van der Waals surface area contributed by atoms with E-state index in [0.29, 0.717) is 5.56 Å². The monoisotopic (exact) mass is 288 g/mol. The summed E-state index contributed by atoms with van der Waals surface area (Å²) in [4.78, 5) is 0. The first-order valence-electron chi connectivity index (χ1n) is 6.96. The van der Waals surface area contributed by atoms with E-state index in [4.69, 9.17) is 4.74 Å². The molecule has 1 nitrogen and oxygen atoms in total. The largest absolute Gasteiger partial charge is 0.494 e. The highest BCUT2D eigenvalue weighted by atomic mass is 19.2. The van der Waals surface area contributed by atoms with Gasteiger partial charge in [-0.2, -0.15) is 4.39 Å². The molecule has 0 saturated carbocycles. The summed E-state index contributed by atoms with van der Waals surface area (Å²) in [6.45, 7) is 2.12. The molecule has 0 unspecified atom stereocenters. The van der Waals surface area contributed by atoms with Gasteiger partial charge in [0.1, 0.15) is 0 Å². The van der Waals surface area contributed by atoms with Gasteiger partial charge in [-0.3, -0.25) is 0 Å². The van der Waals surface area contributed by atoms with Crippen LogP contribution in [0.4, 0.5) is 8.78 Å². The van der Waals surface area contributed by atoms with Crippen LogP contribution in [0.15, 0.2) is 42.5 Å². The number of benzene rings is 2. The van der Waals surface area contributed by atoms with Gasteiger partial charge >= 0.3 is 0 Å². The number of methoxy groups -OCH3 is 1. The Morgan fingerprint density at radius 2 is 1.71 bits per heavy atom. The normalized spacial score (nSPS) is 11.0. The summed E-state index contributed by atoms with van der Waals surface area (Å²) in [5.41, 5.74) is 1.92. The number of hydrogen-bond acceptors (Lipinski definition) is 1. The third-order valence-corrected chi connectivity index (χ3v) is 3.25. The quantitative estimate of drug-likeness (QED) is 0.710. The molecule has 2 rings (SSSR count). The van der Waals surface area contributed by atoms with Crippen LogP contribution in [-0.2, 0) is 0 Å². The van der Waals surface area contributed by atoms with Gasteiger partial charge in [0.2, 0.25) is 5.82 Å². The van der Waals surface area contributed by atoms with Crippen LogP contribution in [0.5, 0.6) is 5.75 Å². The Hall–Kier alpha value is -2.16. The number of allylic oxidation sites excluding steroid dienone is 1. The molecule has 0 aliphatic heterocycles. The van der Waals surface area contributed by atoms with E-state index in [9.17, 15) is 8.78 Å². The van der Waals surface area contributed by atoms with Gasteiger partial charge in [-0.05, 0) is 29.7 Å². The average molecular weight is 288 g/mol. The Morgan fingerprint density at radius 1 is 1.00 bits per heavy atom. The first-order chi connectivity index (χ1) is 10.2. The SMILES string of the molecule is CCC/C=C/c1ccc(-c2ccc(OC)c(F)c2F)cc1. The van der Waals surface area contributed by atoms with Crippen LogP contribution >= 0.6 is 0 Å². The molecule has 2 aromatic rings. The molecule has 0 fully saturated rings. The zero-order valence-corrected chi connectivity index (χ0v) is 12.2. The Bertz CT molecular complexity index is 630. The second-order valence-corrected chi connectivity index (χ2v) is 4.76. The van der Waals surface area contributed by atoms with E-state index in [0.717, 1.165) is 18.4 Å². The van der Waals surface area contributed by atoms with E-state index in [2.05, 4.69) is 13.0 Å². The molecule has 21 heavy (non-hydrogen) atoms. The zero-order chi connectivity index (χ0) is 15.2. The Labute approximate surface area is 123 Å². The smallest absolute Gasteiger partial charge is 0.201 e. The molecule has 0 radical (unpaired) electrons. The molecule has 0 aromatic heterocycles. The summed E-state index contributed by atoms with van der Waals surface area (Å²) in [7, 11) is 1.31. The van der Waals surface area contributed by atoms with Crippen molar-refractivity contribution in [3.8, 4) is 16.9 Å². The maximum atomic E-state index is 14.0. The van der Waals surface area contributed by atoms with Crippen molar-refractivity contribution in [2.24, 2.45) is 0 Å². The minimum absolute atomic E-state index is 0.0876. The highest BCUT2D eigenvalue weighted by Gasteiger charge is 2.14. The van der Waals surface area contributed by atoms with Crippen molar-refractivity contribution in [3.05, 3.63) is 59.7 Å². The van der Waals surface area contributed by atoms with Crippen molar-refractivity contribution in [3.63, 3.8) is 0 Å². The van der Waals surface area contributed by atoms with Gasteiger partial charge in [-0.1, -0.05) is 49.8 Å². The second-order valence-electron chi connectivity index (χ2n) is 4.76. The lowest BCUT2D eigenvalue weighted by Crippen LogP contribution is -1.94. The first-order valence-corrected chi connectivity index (χ1v) is 6.96. The fourth-order valence-corrected chi connectivity index (χ4v) is 2.07. The predicted molar refractivity (Wildman–Crippen MR) is 82.3 cm³/mol. The lowest BCUT2D eigenvalue weighted by atomic mass is 10.0. The predicted octanol–water partition coefficient (Wildman–Crippen LogP) is 5.45. The number of hydrogen-bond donors (Lipinski definition) is 0. The van der Waals surface area contributed by atoms with Crippen LogP contribution in [0, 0.1) is 11.6 Å². The van der Waals surface area contributed by atoms with Crippen molar-refractivity contribution in [2.45, 2.75) is 19.8 Å². The average Bonchev–Trinajstić information content (AvgIpc) is 2.51. The van der Waals surface area contributed by atoms with Crippen LogP contribution in [0.25, 0.3) is 17.2 Å². The third-order valence-electron chi connectivity index (χ3n) is 3.25. The van der Waals surface area contributed by atoms with Crippen LogP contribution in [-0.4, -0.2) is 7.11 Å². The second kappa shape index (κ2) is 7.02. The number of unbranched alkanes of at least 4 members (excludes halogenated alkanes) is 1. The maximum Gasteiger partial charge on any atom is 0.201 e. The fraction of sp³-hybridized carbons (Fsp3) is 0.222. The van der Waals surface area contributed by atoms with Crippen molar-refractivity contribution in [1.29, 1.82) is 0 Å². The fourth-order valence-electron chi connectivity index (χ4n) is 2.07. The summed E-state index contributed by atoms with van der Waals surface area (Å²) in [5.74, 6) is -1.93. The number of halogens is 2. The topological polar surface area (TPSA) is 9.23 Å². The highest BCUT2D eigenvalue weighted by Crippen LogP contribution is 2.29. The van der Waals surface area contributed by atoms with Gasteiger partial charge in [-0.15, -0.1) is 0 Å². The van der Waals surface area contributed by atoms with Crippen molar-refractivity contribution in [1.82, 2.24) is 0 Å². The van der Waals surface area contributed by atoms with Crippen LogP contribution in [0.2, 0.25) is 0 Å². The summed E-state index contributed by atoms with van der Waals surface area (Å²) in [6, 6.07) is 10.3. The standard InChI is InChI=1S/C18H18F2O/c1-3-4-5-6-13-7-9-14(10-8-13)15-11-12-16(21-2)18(20)17(15)19/h5-12H,3-4H2,1-2H3/b6-5+. The van der Waals surface area contributed by atoms with Gasteiger partial charge in [-0.25, -0.2) is 4.39 Å². The van der Waals surface area contributed by atoms with Crippen LogP contribution in [0.3, 0.4) is 0 Å². The zero-order valence-electron chi connectivity index (χ0n) is 12.2. The van der Waals surface area contributed by atoms with E-state index < -0.39 is 11.6 Å². The molecule has 0 bridgehead atoms. The summed E-state index contributed by atoms with van der Waals surface area (Å²) in [6.07, 6.45) is 6.26. The molecular weight excluding hydrogens is 270 g/mol. The molecule has 0 atom stereocenters. The molecule has 0 N–H and O–H groups in total. The van der Waals surface area contributed by atoms with Crippen LogP contribution < -0.4 is 4.74 Å². The molecular formula is C18H18F2O. The van der Waals surface area contributed by atoms with E-state index in [1.807, 2.05) is 18.2 Å². The molecule has 0 aliphatic carbocycles. The van der Waals surface area contributed by atoms with Gasteiger partial charge in [0.25, 0.3) is 0 Å². The molecule has 3 heteroatoms. The molecule has 0 aliphatic rings. The molecule has 0 spiro atoms. The van der Waals surface area contributed by atoms with Gasteiger partial charge in [0.05, 0.1) is 7.11 Å². The van der Waals surface area contributed by atoms with E-state index >= 15 is 0 Å². The number of rotatable bonds is 5. The Kier molecular flexibility index (Phi) is 5.09. The highest BCUT2D eigenvalue weighted by molar-refractivity contribution is 5.67. The lowest BCUT2D eigenvalue weighted by Gasteiger charge is -2.08. The van der Waals surface area contributed by atoms with E-state index in [-0.39, 0.29) is 11.3 Å². The number of ether oxygens (including phenoxy) is 1. The maximum absolute atomic E-state index is 14.0. The molecule has 110 valence electrons. The van der Waals surface area contributed by atoms with Crippen molar-refractivity contribution in [2.75, 3.05) is 7.11 Å². The summed E-state index contributed by atoms with van der Waals surface area (Å²) < 4.78 is 32.5. The molecule has 0 saturated heterocycles. The lowest BCUT2D eigenvalue weighted by molar-refractivity contribution is 0.372. The van der Waals surface area contributed by atoms with Gasteiger partial charge in [0, 0.05) is 5.56 Å². The van der Waals surface area contributed by atoms with E-state index in [1.54, 1.807) is 12.1 Å². The summed E-state index contributed by atoms with van der Waals surface area (Å²) >= 11 is 0. The first kappa shape index (κ1) is 15.2. The molecule has 2 aromatic carbocycles. The minimum atomic E-state index is -0.957. The molecule has 0 heterocycles. The Morgan fingerprint density at radius 3 is 2.33 bits per heavy atom. The van der Waals surface area contributed by atoms with Gasteiger partial charge < -0.3 is 4.74 Å². The van der Waals surface area contributed by atoms with Crippen molar-refractivity contribution < 1.29 is 13.5 Å². The van der Waals surface area contributed by atoms with Gasteiger partial charge in [0.15, 0.2) is 11.6 Å². The van der Waals surface area contributed by atoms with Crippen molar-refractivity contribution >= 4 is 6.08 Å². The Balaban J connectivity index is 2.29. The van der Waals surface area contributed by atoms with E-state index in [1.165, 1.54) is 19.2 Å². The molecule has 0 amide bonds.